The van der Waals surface area contributed by atoms with Crippen molar-refractivity contribution < 1.29 is 9.47 Å². The molecule has 0 radical (unpaired) electrons. The van der Waals surface area contributed by atoms with Crippen molar-refractivity contribution in [3.05, 3.63) is 73.1 Å². The molecule has 1 N–H and O–H groups in total. The summed E-state index contributed by atoms with van der Waals surface area (Å²) in [6, 6.07) is 19.5. The maximum Gasteiger partial charge on any atom is 0.165 e. The predicted octanol–water partition coefficient (Wildman–Crippen LogP) is 4.25. The van der Waals surface area contributed by atoms with Gasteiger partial charge in [0.15, 0.2) is 5.65 Å². The molecule has 0 saturated heterocycles. The molecule has 4 aromatic rings. The zero-order valence-corrected chi connectivity index (χ0v) is 15.0. The third kappa shape index (κ3) is 3.61. The molecule has 0 saturated carbocycles. The number of hydrogen-bond donors (Lipinski definition) is 1. The number of hydrogen-bond acceptors (Lipinski definition) is 5. The second-order valence-corrected chi connectivity index (χ2v) is 5.95. The van der Waals surface area contributed by atoms with Crippen molar-refractivity contribution in [1.29, 1.82) is 0 Å². The summed E-state index contributed by atoms with van der Waals surface area (Å²) in [5.41, 5.74) is 2.62. The Morgan fingerprint density at radius 1 is 0.963 bits per heavy atom. The smallest absolute Gasteiger partial charge is 0.165 e. The van der Waals surface area contributed by atoms with E-state index >= 15 is 0 Å². The number of ether oxygens (including phenoxy) is 2. The van der Waals surface area contributed by atoms with Crippen LogP contribution >= 0.6 is 0 Å². The number of methoxy groups -OCH3 is 1. The van der Waals surface area contributed by atoms with Gasteiger partial charge < -0.3 is 14.8 Å². The van der Waals surface area contributed by atoms with Crippen LogP contribution in [0.5, 0.6) is 11.5 Å². The number of nitrogens with one attached hydrogen (secondary N) is 1. The number of anilines is 1. The Morgan fingerprint density at radius 3 is 2.63 bits per heavy atom. The van der Waals surface area contributed by atoms with E-state index in [1.165, 1.54) is 0 Å². The normalized spacial score (nSPS) is 10.9. The van der Waals surface area contributed by atoms with E-state index in [1.807, 2.05) is 66.9 Å². The van der Waals surface area contributed by atoms with E-state index in [0.717, 1.165) is 34.1 Å². The molecule has 2 aromatic carbocycles. The second kappa shape index (κ2) is 7.88. The van der Waals surface area contributed by atoms with E-state index in [2.05, 4.69) is 15.4 Å². The maximum atomic E-state index is 6.09. The summed E-state index contributed by atoms with van der Waals surface area (Å²) in [5, 5.41) is 7.83. The number of para-hydroxylation sites is 2. The number of nitrogens with zero attached hydrogens (tertiary/aromatic N) is 3. The first-order chi connectivity index (χ1) is 13.4. The molecule has 27 heavy (non-hydrogen) atoms. The second-order valence-electron chi connectivity index (χ2n) is 5.95. The van der Waals surface area contributed by atoms with E-state index in [1.54, 1.807) is 17.8 Å². The molecule has 0 spiro atoms. The Bertz CT molecular complexity index is 1030. The van der Waals surface area contributed by atoms with E-state index in [-0.39, 0.29) is 0 Å². The lowest BCUT2D eigenvalue weighted by Crippen LogP contribution is -2.11. The van der Waals surface area contributed by atoms with Crippen LogP contribution < -0.4 is 10.1 Å². The molecule has 0 atom stereocenters. The van der Waals surface area contributed by atoms with Crippen molar-refractivity contribution in [2.45, 2.75) is 0 Å². The average molecular weight is 360 g/mol. The molecule has 0 amide bonds. The summed E-state index contributed by atoms with van der Waals surface area (Å²) in [7, 11) is 1.68. The minimum absolute atomic E-state index is 0.617. The summed E-state index contributed by atoms with van der Waals surface area (Å²) in [6.07, 6.45) is 3.59. The molecule has 0 fully saturated rings. The largest absolute Gasteiger partial charge is 0.457 e. The van der Waals surface area contributed by atoms with Gasteiger partial charge in [-0.2, -0.15) is 9.61 Å². The van der Waals surface area contributed by atoms with E-state index < -0.39 is 0 Å². The Hall–Kier alpha value is -3.38. The summed E-state index contributed by atoms with van der Waals surface area (Å²) in [4.78, 5) is 4.53. The molecule has 4 rings (SSSR count). The van der Waals surface area contributed by atoms with Crippen LogP contribution in [0.3, 0.4) is 0 Å². The van der Waals surface area contributed by atoms with Crippen molar-refractivity contribution in [2.24, 2.45) is 0 Å². The Kier molecular flexibility index (Phi) is 4.98. The fourth-order valence-corrected chi connectivity index (χ4v) is 2.89. The molecular formula is C21H20N4O2. The third-order valence-corrected chi connectivity index (χ3v) is 4.16. The number of aromatic nitrogens is 3. The topological polar surface area (TPSA) is 60.7 Å². The summed E-state index contributed by atoms with van der Waals surface area (Å²) in [6.45, 7) is 1.31. The summed E-state index contributed by atoms with van der Waals surface area (Å²) >= 11 is 0. The molecule has 0 aliphatic carbocycles. The lowest BCUT2D eigenvalue weighted by atomic mass is 10.1. The predicted molar refractivity (Wildman–Crippen MR) is 105 cm³/mol. The van der Waals surface area contributed by atoms with Crippen LogP contribution in [0.2, 0.25) is 0 Å². The maximum absolute atomic E-state index is 6.09. The van der Waals surface area contributed by atoms with Gasteiger partial charge in [-0.15, -0.1) is 0 Å². The minimum Gasteiger partial charge on any atom is -0.457 e. The molecule has 0 aliphatic rings. The number of benzene rings is 2. The van der Waals surface area contributed by atoms with Gasteiger partial charge in [-0.3, -0.25) is 0 Å². The first kappa shape index (κ1) is 17.1. The lowest BCUT2D eigenvalue weighted by Gasteiger charge is -2.11. The number of fused-ring (bicyclic) bond motifs is 1. The van der Waals surface area contributed by atoms with Crippen LogP contribution in [0.1, 0.15) is 0 Å². The SMILES string of the molecule is COCCNc1ccnc2c(-c3ccccc3Oc3ccccc3)cnn12. The van der Waals surface area contributed by atoms with E-state index in [9.17, 15) is 0 Å². The Morgan fingerprint density at radius 2 is 1.78 bits per heavy atom. The first-order valence-corrected chi connectivity index (χ1v) is 8.74. The van der Waals surface area contributed by atoms with Crippen LogP contribution in [0.25, 0.3) is 16.8 Å². The van der Waals surface area contributed by atoms with Gasteiger partial charge in [-0.1, -0.05) is 36.4 Å². The Balaban J connectivity index is 1.72. The highest BCUT2D eigenvalue weighted by molar-refractivity contribution is 5.82. The van der Waals surface area contributed by atoms with E-state index in [4.69, 9.17) is 9.47 Å². The lowest BCUT2D eigenvalue weighted by molar-refractivity contribution is 0.210. The van der Waals surface area contributed by atoms with Crippen molar-refractivity contribution in [2.75, 3.05) is 25.6 Å². The zero-order chi connectivity index (χ0) is 18.5. The van der Waals surface area contributed by atoms with Gasteiger partial charge in [-0.05, 0) is 24.3 Å². The highest BCUT2D eigenvalue weighted by Gasteiger charge is 2.14. The molecule has 6 nitrogen and oxygen atoms in total. The quantitative estimate of drug-likeness (QED) is 0.499. The molecule has 136 valence electrons. The third-order valence-electron chi connectivity index (χ3n) is 4.16. The van der Waals surface area contributed by atoms with Gasteiger partial charge in [-0.25, -0.2) is 4.98 Å². The molecule has 6 heteroatoms. The molecule has 2 heterocycles. The standard InChI is InChI=1S/C21H20N4O2/c1-26-14-13-22-20-11-12-23-21-18(15-24-25(20)21)17-9-5-6-10-19(17)27-16-7-3-2-4-8-16/h2-12,15,22H,13-14H2,1H3. The fourth-order valence-electron chi connectivity index (χ4n) is 2.89. The highest BCUT2D eigenvalue weighted by atomic mass is 16.5. The minimum atomic E-state index is 0.617. The van der Waals surface area contributed by atoms with Crippen molar-refractivity contribution >= 4 is 11.5 Å². The van der Waals surface area contributed by atoms with Gasteiger partial charge in [0.2, 0.25) is 0 Å². The molecule has 0 aliphatic heterocycles. The van der Waals surface area contributed by atoms with Gasteiger partial charge in [0.1, 0.15) is 17.3 Å². The van der Waals surface area contributed by atoms with Crippen LogP contribution in [0, 0.1) is 0 Å². The van der Waals surface area contributed by atoms with E-state index in [0.29, 0.717) is 13.2 Å². The zero-order valence-electron chi connectivity index (χ0n) is 15.0. The average Bonchev–Trinajstić information content (AvgIpc) is 3.14. The summed E-state index contributed by atoms with van der Waals surface area (Å²) < 4.78 is 13.0. The van der Waals surface area contributed by atoms with Crippen molar-refractivity contribution in [3.63, 3.8) is 0 Å². The number of rotatable bonds is 7. The van der Waals surface area contributed by atoms with Gasteiger partial charge in [0.05, 0.1) is 18.4 Å². The van der Waals surface area contributed by atoms with Crippen LogP contribution in [0.4, 0.5) is 5.82 Å². The molecule has 0 bridgehead atoms. The molecule has 2 aromatic heterocycles. The molecule has 0 unspecified atom stereocenters. The molecular weight excluding hydrogens is 340 g/mol. The van der Waals surface area contributed by atoms with Crippen molar-refractivity contribution in [3.8, 4) is 22.6 Å². The Labute approximate surface area is 157 Å². The first-order valence-electron chi connectivity index (χ1n) is 8.74. The van der Waals surface area contributed by atoms with Crippen LogP contribution in [-0.4, -0.2) is 34.9 Å². The van der Waals surface area contributed by atoms with Gasteiger partial charge in [0.25, 0.3) is 0 Å². The van der Waals surface area contributed by atoms with Crippen LogP contribution in [-0.2, 0) is 4.74 Å². The van der Waals surface area contributed by atoms with Crippen molar-refractivity contribution in [1.82, 2.24) is 14.6 Å². The fraction of sp³-hybridized carbons (Fsp3) is 0.143. The monoisotopic (exact) mass is 360 g/mol. The summed E-state index contributed by atoms with van der Waals surface area (Å²) in [5.74, 6) is 2.42. The van der Waals surface area contributed by atoms with Crippen LogP contribution in [0.15, 0.2) is 73.1 Å². The van der Waals surface area contributed by atoms with Gasteiger partial charge in [0, 0.05) is 25.4 Å². The van der Waals surface area contributed by atoms with Gasteiger partial charge >= 0.3 is 0 Å². The highest BCUT2D eigenvalue weighted by Crippen LogP contribution is 2.35.